The van der Waals surface area contributed by atoms with E-state index in [1.807, 2.05) is 0 Å². The van der Waals surface area contributed by atoms with Gasteiger partial charge in [-0.1, -0.05) is 6.07 Å². The van der Waals surface area contributed by atoms with Crippen LogP contribution in [0, 0.1) is 6.92 Å². The highest BCUT2D eigenvalue weighted by atomic mass is 16.4. The lowest BCUT2D eigenvalue weighted by atomic mass is 10.0. The van der Waals surface area contributed by atoms with E-state index < -0.39 is 5.97 Å². The van der Waals surface area contributed by atoms with Crippen molar-refractivity contribution in [1.29, 1.82) is 0 Å². The Labute approximate surface area is 87.2 Å². The van der Waals surface area contributed by atoms with Crippen LogP contribution in [-0.2, 0) is 11.2 Å². The lowest BCUT2D eigenvalue weighted by Gasteiger charge is -2.07. The Hall–Kier alpha value is -1.84. The van der Waals surface area contributed by atoms with Gasteiger partial charge in [-0.25, -0.2) is 0 Å². The third kappa shape index (κ3) is 2.56. The van der Waals surface area contributed by atoms with Crippen LogP contribution in [0.5, 0.6) is 5.75 Å². The second-order valence-corrected chi connectivity index (χ2v) is 3.45. The molecule has 0 bridgehead atoms. The van der Waals surface area contributed by atoms with Gasteiger partial charge in [-0.05, 0) is 25.5 Å². The number of carbonyl (C=O) groups excluding carboxylic acids is 1. The lowest BCUT2D eigenvalue weighted by molar-refractivity contribution is -0.136. The second kappa shape index (κ2) is 4.13. The van der Waals surface area contributed by atoms with E-state index in [9.17, 15) is 14.7 Å². The predicted octanol–water partition coefficient (Wildman–Crippen LogP) is 1.53. The predicted molar refractivity (Wildman–Crippen MR) is 54.2 cm³/mol. The van der Waals surface area contributed by atoms with Gasteiger partial charge in [0, 0.05) is 5.56 Å². The number of phenolic OH excluding ortho intramolecular Hbond substituents is 1. The van der Waals surface area contributed by atoms with Crippen molar-refractivity contribution in [3.63, 3.8) is 0 Å². The standard InChI is InChI=1S/C11H12O4/c1-6-3-8(5-10(13)14)11(15)9(4-6)7(2)12/h3-4,15H,5H2,1-2H3,(H,13,14). The molecule has 0 unspecified atom stereocenters. The number of aliphatic carboxylic acids is 1. The highest BCUT2D eigenvalue weighted by Gasteiger charge is 2.14. The summed E-state index contributed by atoms with van der Waals surface area (Å²) in [6.45, 7) is 3.08. The largest absolute Gasteiger partial charge is 0.507 e. The molecule has 0 aromatic heterocycles. The Balaban J connectivity index is 3.28. The number of aryl methyl sites for hydroxylation is 1. The maximum absolute atomic E-state index is 11.1. The van der Waals surface area contributed by atoms with E-state index in [0.717, 1.165) is 5.56 Å². The fraction of sp³-hybridized carbons (Fsp3) is 0.273. The molecule has 1 rings (SSSR count). The Morgan fingerprint density at radius 3 is 2.40 bits per heavy atom. The minimum atomic E-state index is -1.04. The van der Waals surface area contributed by atoms with Crippen molar-refractivity contribution in [3.8, 4) is 5.75 Å². The number of hydrogen-bond acceptors (Lipinski definition) is 3. The van der Waals surface area contributed by atoms with Gasteiger partial charge in [-0.15, -0.1) is 0 Å². The van der Waals surface area contributed by atoms with Crippen molar-refractivity contribution in [1.82, 2.24) is 0 Å². The molecular weight excluding hydrogens is 196 g/mol. The van der Waals surface area contributed by atoms with Gasteiger partial charge in [0.05, 0.1) is 12.0 Å². The van der Waals surface area contributed by atoms with Crippen molar-refractivity contribution in [2.75, 3.05) is 0 Å². The van der Waals surface area contributed by atoms with Gasteiger partial charge in [-0.2, -0.15) is 0 Å². The Morgan fingerprint density at radius 1 is 1.33 bits per heavy atom. The van der Waals surface area contributed by atoms with Crippen LogP contribution in [0.25, 0.3) is 0 Å². The molecule has 15 heavy (non-hydrogen) atoms. The molecule has 4 nitrogen and oxygen atoms in total. The zero-order valence-corrected chi connectivity index (χ0v) is 8.57. The van der Waals surface area contributed by atoms with Gasteiger partial charge in [0.2, 0.25) is 0 Å². The Bertz CT molecular complexity index is 421. The van der Waals surface area contributed by atoms with Crippen LogP contribution in [0.15, 0.2) is 12.1 Å². The Kier molecular flexibility index (Phi) is 3.09. The van der Waals surface area contributed by atoms with Gasteiger partial charge < -0.3 is 10.2 Å². The van der Waals surface area contributed by atoms with E-state index in [1.54, 1.807) is 19.1 Å². The first-order valence-corrected chi connectivity index (χ1v) is 4.47. The smallest absolute Gasteiger partial charge is 0.307 e. The van der Waals surface area contributed by atoms with Crippen molar-refractivity contribution in [3.05, 3.63) is 28.8 Å². The first-order valence-electron chi connectivity index (χ1n) is 4.47. The third-order valence-electron chi connectivity index (χ3n) is 2.05. The molecule has 0 aliphatic rings. The molecule has 2 N–H and O–H groups in total. The molecule has 0 aliphatic heterocycles. The number of rotatable bonds is 3. The molecule has 1 aromatic rings. The topological polar surface area (TPSA) is 74.6 Å². The van der Waals surface area contributed by atoms with Crippen molar-refractivity contribution >= 4 is 11.8 Å². The molecule has 0 aliphatic carbocycles. The SMILES string of the molecule is CC(=O)c1cc(C)cc(CC(=O)O)c1O. The molecular formula is C11H12O4. The summed E-state index contributed by atoms with van der Waals surface area (Å²) in [5.41, 5.74) is 1.20. The van der Waals surface area contributed by atoms with Crippen molar-refractivity contribution in [2.45, 2.75) is 20.3 Å². The van der Waals surface area contributed by atoms with Crippen LogP contribution in [0.4, 0.5) is 0 Å². The first kappa shape index (κ1) is 11.2. The van der Waals surface area contributed by atoms with Gasteiger partial charge in [0.15, 0.2) is 5.78 Å². The average molecular weight is 208 g/mol. The van der Waals surface area contributed by atoms with Gasteiger partial charge in [0.1, 0.15) is 5.75 Å². The number of carbonyl (C=O) groups is 2. The van der Waals surface area contributed by atoms with Crippen LogP contribution in [-0.4, -0.2) is 22.0 Å². The minimum Gasteiger partial charge on any atom is -0.507 e. The molecule has 0 atom stereocenters. The fourth-order valence-electron chi connectivity index (χ4n) is 1.42. The van der Waals surface area contributed by atoms with Crippen LogP contribution in [0.1, 0.15) is 28.4 Å². The molecule has 0 saturated carbocycles. The number of ketones is 1. The van der Waals surface area contributed by atoms with E-state index >= 15 is 0 Å². The second-order valence-electron chi connectivity index (χ2n) is 3.45. The molecule has 80 valence electrons. The molecule has 1 aromatic carbocycles. The third-order valence-corrected chi connectivity index (χ3v) is 2.05. The maximum atomic E-state index is 11.1. The van der Waals surface area contributed by atoms with Gasteiger partial charge >= 0.3 is 5.97 Å². The summed E-state index contributed by atoms with van der Waals surface area (Å²) < 4.78 is 0. The van der Waals surface area contributed by atoms with Crippen LogP contribution < -0.4 is 0 Å². The monoisotopic (exact) mass is 208 g/mol. The molecule has 0 fully saturated rings. The number of aromatic hydroxyl groups is 1. The summed E-state index contributed by atoms with van der Waals surface area (Å²) in [5, 5.41) is 18.3. The maximum Gasteiger partial charge on any atom is 0.307 e. The lowest BCUT2D eigenvalue weighted by Crippen LogP contribution is -2.03. The summed E-state index contributed by atoms with van der Waals surface area (Å²) in [7, 11) is 0. The van der Waals surface area contributed by atoms with E-state index in [2.05, 4.69) is 0 Å². The quantitative estimate of drug-likeness (QED) is 0.738. The average Bonchev–Trinajstić information content (AvgIpc) is 2.09. The van der Waals surface area contributed by atoms with Crippen LogP contribution >= 0.6 is 0 Å². The summed E-state index contributed by atoms with van der Waals surface area (Å²) >= 11 is 0. The zero-order valence-electron chi connectivity index (χ0n) is 8.57. The van der Waals surface area contributed by atoms with Gasteiger partial charge in [-0.3, -0.25) is 9.59 Å². The number of phenols is 1. The fourth-order valence-corrected chi connectivity index (χ4v) is 1.42. The van der Waals surface area contributed by atoms with Crippen LogP contribution in [0.2, 0.25) is 0 Å². The van der Waals surface area contributed by atoms with E-state index in [-0.39, 0.29) is 29.1 Å². The number of Topliss-reactive ketones (excluding diaryl/α,β-unsaturated/α-hetero) is 1. The normalized spacial score (nSPS) is 10.0. The van der Waals surface area contributed by atoms with E-state index in [1.165, 1.54) is 6.92 Å². The molecule has 0 heterocycles. The number of carboxylic acids is 1. The molecule has 0 amide bonds. The van der Waals surface area contributed by atoms with E-state index in [4.69, 9.17) is 5.11 Å². The van der Waals surface area contributed by atoms with Crippen LogP contribution in [0.3, 0.4) is 0 Å². The minimum absolute atomic E-state index is 0.172. The Morgan fingerprint density at radius 2 is 1.93 bits per heavy atom. The summed E-state index contributed by atoms with van der Waals surface area (Å²) in [5.74, 6) is -1.54. The number of hydrogen-bond donors (Lipinski definition) is 2. The number of benzene rings is 1. The van der Waals surface area contributed by atoms with Crippen molar-refractivity contribution < 1.29 is 19.8 Å². The van der Waals surface area contributed by atoms with Gasteiger partial charge in [0.25, 0.3) is 0 Å². The molecule has 0 radical (unpaired) electrons. The highest BCUT2D eigenvalue weighted by molar-refractivity contribution is 5.97. The molecule has 0 spiro atoms. The number of carboxylic acid groups (broad SMARTS) is 1. The first-order chi connectivity index (χ1) is 6.91. The summed E-state index contributed by atoms with van der Waals surface area (Å²) in [6, 6.07) is 3.11. The summed E-state index contributed by atoms with van der Waals surface area (Å²) in [6.07, 6.45) is -0.284. The zero-order chi connectivity index (χ0) is 11.6. The molecule has 0 saturated heterocycles. The highest BCUT2D eigenvalue weighted by Crippen LogP contribution is 2.25. The molecule has 4 heteroatoms. The van der Waals surface area contributed by atoms with E-state index in [0.29, 0.717) is 0 Å². The van der Waals surface area contributed by atoms with Crippen molar-refractivity contribution in [2.24, 2.45) is 0 Å². The summed E-state index contributed by atoms with van der Waals surface area (Å²) in [4.78, 5) is 21.7.